The second-order valence-corrected chi connectivity index (χ2v) is 2.64. The van der Waals surface area contributed by atoms with Gasteiger partial charge in [0.15, 0.2) is 0 Å². The molecule has 0 aliphatic carbocycles. The number of ether oxygens (including phenoxy) is 1. The van der Waals surface area contributed by atoms with E-state index in [2.05, 4.69) is 12.2 Å². The van der Waals surface area contributed by atoms with Crippen molar-refractivity contribution in [2.75, 3.05) is 0 Å². The van der Waals surface area contributed by atoms with E-state index in [1.807, 2.05) is 6.92 Å². The highest BCUT2D eigenvalue weighted by Gasteiger charge is 2.05. The summed E-state index contributed by atoms with van der Waals surface area (Å²) in [6, 6.07) is 0. The lowest BCUT2D eigenvalue weighted by Gasteiger charge is -2.12. The Labute approximate surface area is 67.9 Å². The largest absolute Gasteiger partial charge is 0.466 e. The number of nitrogens with zero attached hydrogens (tertiary/aromatic N) is 1. The van der Waals surface area contributed by atoms with Crippen molar-refractivity contribution in [3.8, 4) is 0 Å². The number of unbranched alkanes of at least 4 members (excludes halogenated alkanes) is 1. The lowest BCUT2D eigenvalue weighted by Crippen LogP contribution is -2.04. The predicted molar refractivity (Wildman–Crippen MR) is 44.6 cm³/mol. The topological polar surface area (TPSA) is 23.3 Å². The molecule has 0 aromatic carbocycles. The zero-order valence-corrected chi connectivity index (χ0v) is 7.13. The third kappa shape index (κ3) is 2.30. The molecule has 0 aromatic rings. The fourth-order valence-electron chi connectivity index (χ4n) is 0.989. The minimum absolute atomic E-state index is 1.01. The molecule has 1 radical (unpaired) electrons. The van der Waals surface area contributed by atoms with E-state index in [4.69, 9.17) is 4.74 Å². The zero-order valence-electron chi connectivity index (χ0n) is 7.13. The van der Waals surface area contributed by atoms with Crippen LogP contribution in [0.1, 0.15) is 33.1 Å². The van der Waals surface area contributed by atoms with Gasteiger partial charge in [0, 0.05) is 6.42 Å². The first-order valence-corrected chi connectivity index (χ1v) is 4.07. The molecule has 2 nitrogen and oxygen atoms in total. The Morgan fingerprint density at radius 2 is 2.36 bits per heavy atom. The minimum Gasteiger partial charge on any atom is -0.466 e. The van der Waals surface area contributed by atoms with Gasteiger partial charge in [-0.1, -0.05) is 13.3 Å². The van der Waals surface area contributed by atoms with Crippen LogP contribution in [-0.2, 0) is 4.74 Å². The molecule has 0 N–H and O–H groups in total. The van der Waals surface area contributed by atoms with E-state index in [0.29, 0.717) is 0 Å². The molecule has 0 aromatic heterocycles. The van der Waals surface area contributed by atoms with Crippen molar-refractivity contribution in [1.29, 1.82) is 0 Å². The van der Waals surface area contributed by atoms with Crippen LogP contribution in [0.15, 0.2) is 23.9 Å². The molecule has 1 heterocycles. The monoisotopic (exact) mass is 152 g/mol. The SMILES string of the molecule is CCCCC1=C(C)[N]C=CO1. The third-order valence-electron chi connectivity index (χ3n) is 1.70. The predicted octanol–water partition coefficient (Wildman–Crippen LogP) is 2.51. The Hall–Kier alpha value is -0.920. The normalized spacial score (nSPS) is 16.2. The van der Waals surface area contributed by atoms with Crippen molar-refractivity contribution in [2.24, 2.45) is 0 Å². The fraction of sp³-hybridized carbons (Fsp3) is 0.556. The molecule has 0 unspecified atom stereocenters. The van der Waals surface area contributed by atoms with Crippen LogP contribution in [0.25, 0.3) is 0 Å². The molecule has 0 atom stereocenters. The van der Waals surface area contributed by atoms with Gasteiger partial charge in [0.25, 0.3) is 0 Å². The lowest BCUT2D eigenvalue weighted by atomic mass is 10.2. The molecule has 11 heavy (non-hydrogen) atoms. The summed E-state index contributed by atoms with van der Waals surface area (Å²) in [7, 11) is 0. The van der Waals surface area contributed by atoms with Crippen LogP contribution in [0.5, 0.6) is 0 Å². The lowest BCUT2D eigenvalue weighted by molar-refractivity contribution is 0.309. The van der Waals surface area contributed by atoms with Gasteiger partial charge >= 0.3 is 0 Å². The second kappa shape index (κ2) is 4.06. The van der Waals surface area contributed by atoms with Crippen LogP contribution < -0.4 is 5.32 Å². The molecule has 0 spiro atoms. The molecule has 0 saturated carbocycles. The molecular formula is C9H14NO. The molecule has 1 aliphatic heterocycles. The smallest absolute Gasteiger partial charge is 0.124 e. The molecule has 0 saturated heterocycles. The highest BCUT2D eigenvalue weighted by atomic mass is 16.5. The first-order chi connectivity index (χ1) is 5.34. The maximum Gasteiger partial charge on any atom is 0.124 e. The fourth-order valence-corrected chi connectivity index (χ4v) is 0.989. The quantitative estimate of drug-likeness (QED) is 0.609. The van der Waals surface area contributed by atoms with Gasteiger partial charge in [-0.25, -0.2) is 0 Å². The summed E-state index contributed by atoms with van der Waals surface area (Å²) < 4.78 is 5.30. The van der Waals surface area contributed by atoms with Gasteiger partial charge in [0.2, 0.25) is 0 Å². The Kier molecular flexibility index (Phi) is 3.02. The first-order valence-electron chi connectivity index (χ1n) is 4.07. The van der Waals surface area contributed by atoms with E-state index in [1.165, 1.54) is 12.8 Å². The van der Waals surface area contributed by atoms with E-state index < -0.39 is 0 Å². The minimum atomic E-state index is 1.01. The van der Waals surface area contributed by atoms with Crippen molar-refractivity contribution >= 4 is 0 Å². The second-order valence-electron chi connectivity index (χ2n) is 2.64. The maximum absolute atomic E-state index is 5.30. The Bertz CT molecular complexity index is 182. The standard InChI is InChI=1S/C9H14NO/c1-3-4-5-9-8(2)10-6-7-11-9/h6-7H,3-5H2,1-2H3. The van der Waals surface area contributed by atoms with Gasteiger partial charge in [0.05, 0.1) is 11.9 Å². The van der Waals surface area contributed by atoms with Gasteiger partial charge < -0.3 is 4.74 Å². The molecular weight excluding hydrogens is 138 g/mol. The number of rotatable bonds is 3. The van der Waals surface area contributed by atoms with Crippen molar-refractivity contribution in [3.05, 3.63) is 23.9 Å². The highest BCUT2D eigenvalue weighted by molar-refractivity contribution is 5.10. The molecule has 0 amide bonds. The number of allylic oxidation sites excluding steroid dienone is 2. The van der Waals surface area contributed by atoms with Crippen molar-refractivity contribution in [2.45, 2.75) is 33.1 Å². The summed E-state index contributed by atoms with van der Waals surface area (Å²) >= 11 is 0. The molecule has 1 rings (SSSR count). The zero-order chi connectivity index (χ0) is 8.10. The Morgan fingerprint density at radius 3 is 3.00 bits per heavy atom. The van der Waals surface area contributed by atoms with Crippen molar-refractivity contribution in [3.63, 3.8) is 0 Å². The van der Waals surface area contributed by atoms with Gasteiger partial charge in [-0.05, 0) is 13.3 Å². The first kappa shape index (κ1) is 8.18. The van der Waals surface area contributed by atoms with Crippen molar-refractivity contribution < 1.29 is 4.74 Å². The van der Waals surface area contributed by atoms with Gasteiger partial charge in [-0.3, -0.25) is 5.32 Å². The highest BCUT2D eigenvalue weighted by Crippen LogP contribution is 2.16. The van der Waals surface area contributed by atoms with Gasteiger partial charge in [0.1, 0.15) is 12.0 Å². The summed E-state index contributed by atoms with van der Waals surface area (Å²) in [5, 5.41) is 4.14. The van der Waals surface area contributed by atoms with Crippen LogP contribution >= 0.6 is 0 Å². The molecule has 2 heteroatoms. The molecule has 0 bridgehead atoms. The molecule has 61 valence electrons. The number of hydrogen-bond acceptors (Lipinski definition) is 1. The Morgan fingerprint density at radius 1 is 1.55 bits per heavy atom. The summed E-state index contributed by atoms with van der Waals surface area (Å²) in [6.07, 6.45) is 6.71. The third-order valence-corrected chi connectivity index (χ3v) is 1.70. The van der Waals surface area contributed by atoms with Gasteiger partial charge in [-0.2, -0.15) is 0 Å². The molecule has 1 aliphatic rings. The summed E-state index contributed by atoms with van der Waals surface area (Å²) in [5.74, 6) is 1.02. The number of hydrogen-bond donors (Lipinski definition) is 0. The summed E-state index contributed by atoms with van der Waals surface area (Å²) in [6.45, 7) is 4.15. The van der Waals surface area contributed by atoms with Crippen molar-refractivity contribution in [1.82, 2.24) is 5.32 Å². The molecule has 0 fully saturated rings. The van der Waals surface area contributed by atoms with Crippen LogP contribution in [0.2, 0.25) is 0 Å². The van der Waals surface area contributed by atoms with E-state index >= 15 is 0 Å². The van der Waals surface area contributed by atoms with Crippen LogP contribution in [0, 0.1) is 0 Å². The van der Waals surface area contributed by atoms with E-state index in [1.54, 1.807) is 12.5 Å². The average Bonchev–Trinajstić information content (AvgIpc) is 2.03. The van der Waals surface area contributed by atoms with E-state index in [9.17, 15) is 0 Å². The van der Waals surface area contributed by atoms with Crippen LogP contribution in [-0.4, -0.2) is 0 Å². The van der Waals surface area contributed by atoms with Crippen LogP contribution in [0.3, 0.4) is 0 Å². The van der Waals surface area contributed by atoms with E-state index in [0.717, 1.165) is 17.9 Å². The van der Waals surface area contributed by atoms with Gasteiger partial charge in [-0.15, -0.1) is 0 Å². The maximum atomic E-state index is 5.30. The van der Waals surface area contributed by atoms with Crippen LogP contribution in [0.4, 0.5) is 0 Å². The van der Waals surface area contributed by atoms with E-state index in [-0.39, 0.29) is 0 Å². The summed E-state index contributed by atoms with van der Waals surface area (Å²) in [5.41, 5.74) is 1.01. The average molecular weight is 152 g/mol. The summed E-state index contributed by atoms with van der Waals surface area (Å²) in [4.78, 5) is 0. The Balaban J connectivity index is 2.41.